The second-order valence-electron chi connectivity index (χ2n) is 4.10. The van der Waals surface area contributed by atoms with E-state index in [-0.39, 0.29) is 36.4 Å². The van der Waals surface area contributed by atoms with Crippen LogP contribution in [0.15, 0.2) is 35.0 Å². The predicted molar refractivity (Wildman–Crippen MR) is 79.4 cm³/mol. The molecule has 1 aromatic carbocycles. The highest BCUT2D eigenvalue weighted by molar-refractivity contribution is 5.85. The van der Waals surface area contributed by atoms with Crippen LogP contribution in [-0.4, -0.2) is 12.7 Å². The van der Waals surface area contributed by atoms with Gasteiger partial charge in [0.15, 0.2) is 0 Å². The highest BCUT2D eigenvalue weighted by Crippen LogP contribution is 2.35. The van der Waals surface area contributed by atoms with Crippen molar-refractivity contribution in [2.75, 3.05) is 12.4 Å². The number of nitrogens with zero attached hydrogens (tertiary/aromatic N) is 1. The van der Waals surface area contributed by atoms with Crippen LogP contribution in [-0.2, 0) is 10.3 Å². The maximum atomic E-state index is 13.8. The summed E-state index contributed by atoms with van der Waals surface area (Å²) in [5, 5.41) is 0. The first-order chi connectivity index (χ1) is 8.47. The molecule has 0 saturated carbocycles. The van der Waals surface area contributed by atoms with Gasteiger partial charge in [-0.3, -0.25) is 0 Å². The fraction of sp³-hybridized carbons (Fsp3) is 0.250. The Hall–Kier alpha value is -1.53. The maximum absolute atomic E-state index is 13.8. The van der Waals surface area contributed by atoms with Gasteiger partial charge in [0.1, 0.15) is 23.8 Å². The molecule has 1 heterocycles. The molecule has 20 heavy (non-hydrogen) atoms. The van der Waals surface area contributed by atoms with E-state index in [0.29, 0.717) is 11.4 Å². The fourth-order valence-corrected chi connectivity index (χ4v) is 1.94. The lowest BCUT2D eigenvalue weighted by atomic mass is 9.89. The number of allylic oxidation sites excluding steroid dienone is 1. The van der Waals surface area contributed by atoms with Crippen LogP contribution in [0.2, 0.25) is 0 Å². The van der Waals surface area contributed by atoms with Crippen LogP contribution < -0.4 is 11.5 Å². The summed E-state index contributed by atoms with van der Waals surface area (Å²) in [4.78, 5) is 3.88. The molecule has 0 saturated heterocycles. The van der Waals surface area contributed by atoms with Gasteiger partial charge in [-0.15, -0.1) is 24.8 Å². The van der Waals surface area contributed by atoms with E-state index in [1.807, 2.05) is 0 Å². The summed E-state index contributed by atoms with van der Waals surface area (Å²) in [7, 11) is 0. The fourth-order valence-electron chi connectivity index (χ4n) is 1.94. The molecule has 4 N–H and O–H groups in total. The molecule has 1 aliphatic rings. The van der Waals surface area contributed by atoms with Gasteiger partial charge >= 0.3 is 0 Å². The minimum absolute atomic E-state index is 0. The second kappa shape index (κ2) is 6.76. The van der Waals surface area contributed by atoms with Crippen molar-refractivity contribution >= 4 is 36.5 Å². The Kier molecular flexibility index (Phi) is 6.25. The van der Waals surface area contributed by atoms with Crippen LogP contribution in [0, 0.1) is 5.82 Å². The molecule has 1 aliphatic heterocycles. The number of ether oxygens (including phenoxy) is 1. The van der Waals surface area contributed by atoms with E-state index in [1.54, 1.807) is 6.92 Å². The summed E-state index contributed by atoms with van der Waals surface area (Å²) in [6.45, 7) is 0.658. The quantitative estimate of drug-likeness (QED) is 0.821. The Labute approximate surface area is 127 Å². The maximum Gasteiger partial charge on any atom is 0.288 e. The molecule has 0 spiro atoms. The third kappa shape index (κ3) is 3.32. The van der Waals surface area contributed by atoms with E-state index < -0.39 is 18.0 Å². The van der Waals surface area contributed by atoms with Crippen molar-refractivity contribution in [3.63, 3.8) is 0 Å². The number of hydrogen-bond donors (Lipinski definition) is 2. The van der Waals surface area contributed by atoms with Crippen molar-refractivity contribution < 1.29 is 13.5 Å². The summed E-state index contributed by atoms with van der Waals surface area (Å²) in [5.41, 5.74) is 9.92. The van der Waals surface area contributed by atoms with Gasteiger partial charge in [-0.05, 0) is 31.2 Å². The average molecular weight is 326 g/mol. The van der Waals surface area contributed by atoms with Crippen molar-refractivity contribution in [3.8, 4) is 0 Å². The summed E-state index contributed by atoms with van der Waals surface area (Å²) < 4.78 is 32.2. The molecule has 2 rings (SSSR count). The Morgan fingerprint density at radius 2 is 1.95 bits per heavy atom. The highest BCUT2D eigenvalue weighted by atomic mass is 35.5. The van der Waals surface area contributed by atoms with Gasteiger partial charge in [-0.1, -0.05) is 0 Å². The molecule has 0 unspecified atom stereocenters. The van der Waals surface area contributed by atoms with Gasteiger partial charge in [0.2, 0.25) is 0 Å². The molecule has 0 aliphatic carbocycles. The number of rotatable bonds is 2. The Balaban J connectivity index is 0.00000180. The zero-order valence-electron chi connectivity index (χ0n) is 10.6. The molecule has 4 nitrogen and oxygen atoms in total. The number of alkyl halides is 1. The van der Waals surface area contributed by atoms with Crippen molar-refractivity contribution in [2.45, 2.75) is 12.5 Å². The van der Waals surface area contributed by atoms with Crippen LogP contribution in [0.25, 0.3) is 0 Å². The van der Waals surface area contributed by atoms with Gasteiger partial charge < -0.3 is 16.2 Å². The van der Waals surface area contributed by atoms with Crippen molar-refractivity contribution in [2.24, 2.45) is 10.7 Å². The third-order valence-electron chi connectivity index (χ3n) is 2.68. The van der Waals surface area contributed by atoms with E-state index in [2.05, 4.69) is 4.99 Å². The monoisotopic (exact) mass is 325 g/mol. The largest absolute Gasteiger partial charge is 0.431 e. The smallest absolute Gasteiger partial charge is 0.288 e. The zero-order valence-corrected chi connectivity index (χ0v) is 12.2. The Morgan fingerprint density at radius 3 is 2.50 bits per heavy atom. The Morgan fingerprint density at radius 1 is 1.30 bits per heavy atom. The normalized spacial score (nSPS) is 20.8. The first-order valence-electron chi connectivity index (χ1n) is 5.31. The van der Waals surface area contributed by atoms with Gasteiger partial charge in [0.25, 0.3) is 6.02 Å². The molecule has 1 aromatic rings. The van der Waals surface area contributed by atoms with Gasteiger partial charge in [0, 0.05) is 11.3 Å². The average Bonchev–Trinajstić information content (AvgIpc) is 2.31. The second-order valence-corrected chi connectivity index (χ2v) is 4.10. The number of nitrogen functional groups attached to an aromatic ring is 1. The zero-order chi connectivity index (χ0) is 13.3. The number of hydrogen-bond acceptors (Lipinski definition) is 4. The standard InChI is InChI=1S/C12H13F2N3O.2ClH/c1-7-5-12(6-13,17-11(16)18-7)9-4-8(15)2-3-10(9)14;;/h2-5H,6,15H2,1H3,(H2,16,17);2*1H/t12-;;/m1../s1. The molecule has 0 radical (unpaired) electrons. The molecular weight excluding hydrogens is 311 g/mol. The number of nitrogens with two attached hydrogens (primary N) is 2. The summed E-state index contributed by atoms with van der Waals surface area (Å²) in [6, 6.07) is 3.72. The van der Waals surface area contributed by atoms with Gasteiger partial charge in [-0.25, -0.2) is 13.8 Å². The van der Waals surface area contributed by atoms with Crippen LogP contribution >= 0.6 is 24.8 Å². The molecule has 0 bridgehead atoms. The number of anilines is 1. The molecule has 0 aromatic heterocycles. The topological polar surface area (TPSA) is 73.6 Å². The molecule has 0 amide bonds. The first kappa shape index (κ1) is 18.5. The lowest BCUT2D eigenvalue weighted by Gasteiger charge is -2.28. The SMILES string of the molecule is CC1=C[C@@](CF)(c2cc(N)ccc2F)N=C(N)O1.Cl.Cl. The lowest BCUT2D eigenvalue weighted by molar-refractivity contribution is 0.308. The summed E-state index contributed by atoms with van der Waals surface area (Å²) in [5.74, 6) is -0.230. The van der Waals surface area contributed by atoms with Crippen LogP contribution in [0.1, 0.15) is 12.5 Å². The predicted octanol–water partition coefficient (Wildman–Crippen LogP) is 2.67. The number of amidine groups is 1. The van der Waals surface area contributed by atoms with E-state index in [4.69, 9.17) is 16.2 Å². The molecule has 1 atom stereocenters. The van der Waals surface area contributed by atoms with Crippen LogP contribution in [0.3, 0.4) is 0 Å². The molecule has 8 heteroatoms. The van der Waals surface area contributed by atoms with Crippen molar-refractivity contribution in [1.29, 1.82) is 0 Å². The lowest BCUT2D eigenvalue weighted by Crippen LogP contribution is -2.34. The van der Waals surface area contributed by atoms with Crippen molar-refractivity contribution in [3.05, 3.63) is 41.4 Å². The molecular formula is C12H15Cl2F2N3O. The number of halogens is 4. The third-order valence-corrected chi connectivity index (χ3v) is 2.68. The van der Waals surface area contributed by atoms with E-state index >= 15 is 0 Å². The van der Waals surface area contributed by atoms with Gasteiger partial charge in [0.05, 0.1) is 0 Å². The van der Waals surface area contributed by atoms with Crippen LogP contribution in [0.5, 0.6) is 0 Å². The van der Waals surface area contributed by atoms with E-state index in [1.165, 1.54) is 24.3 Å². The van der Waals surface area contributed by atoms with Gasteiger partial charge in [-0.2, -0.15) is 0 Å². The number of benzene rings is 1. The first-order valence-corrected chi connectivity index (χ1v) is 5.31. The highest BCUT2D eigenvalue weighted by Gasteiger charge is 2.36. The van der Waals surface area contributed by atoms with Crippen LogP contribution in [0.4, 0.5) is 14.5 Å². The summed E-state index contributed by atoms with van der Waals surface area (Å²) in [6.07, 6.45) is 1.39. The molecule has 0 fully saturated rings. The van der Waals surface area contributed by atoms with E-state index in [0.717, 1.165) is 0 Å². The van der Waals surface area contributed by atoms with E-state index in [9.17, 15) is 8.78 Å². The number of aliphatic imine (C=N–C) groups is 1. The molecule has 112 valence electrons. The summed E-state index contributed by atoms with van der Waals surface area (Å²) >= 11 is 0. The minimum atomic E-state index is -1.51. The minimum Gasteiger partial charge on any atom is -0.431 e. The Bertz CT molecular complexity index is 532. The van der Waals surface area contributed by atoms with Crippen molar-refractivity contribution in [1.82, 2.24) is 0 Å².